The second kappa shape index (κ2) is 7.52. The van der Waals surface area contributed by atoms with Gasteiger partial charge in [0.25, 0.3) is 0 Å². The van der Waals surface area contributed by atoms with E-state index in [1.165, 1.54) is 0 Å². The van der Waals surface area contributed by atoms with Gasteiger partial charge in [0.15, 0.2) is 0 Å². The standard InChI is InChI=1S/C25H19BrF2N4O/c1-12-9-20-24(30-13(2)31(20)3)22(26)21(12)15-5-4-8-32-18(15)6-7-19(32)25(33)14-10-16(27)23(29)17(28)11-14/h4-11H,29H2,1-3H3. The average Bonchev–Trinajstić information content (AvgIpc) is 3.34. The van der Waals surface area contributed by atoms with E-state index in [1.807, 2.05) is 43.7 Å². The van der Waals surface area contributed by atoms with Crippen molar-refractivity contribution >= 4 is 44.0 Å². The average molecular weight is 509 g/mol. The number of hydrogen-bond donors (Lipinski definition) is 1. The summed E-state index contributed by atoms with van der Waals surface area (Å²) >= 11 is 3.75. The maximum Gasteiger partial charge on any atom is 0.209 e. The minimum atomic E-state index is -0.960. The molecule has 166 valence electrons. The Morgan fingerprint density at radius 2 is 1.76 bits per heavy atom. The molecule has 0 aliphatic heterocycles. The normalized spacial score (nSPS) is 11.6. The SMILES string of the molecule is Cc1cc2c(nc(C)n2C)c(Br)c1-c1cccn2c(C(=O)c3cc(F)c(N)c(F)c3)ccc12. The molecule has 0 saturated heterocycles. The first-order valence-corrected chi connectivity index (χ1v) is 11.0. The monoisotopic (exact) mass is 508 g/mol. The van der Waals surface area contributed by atoms with Crippen LogP contribution in [0.3, 0.4) is 0 Å². The van der Waals surface area contributed by atoms with Crippen molar-refractivity contribution in [1.82, 2.24) is 14.0 Å². The number of ketones is 1. The van der Waals surface area contributed by atoms with E-state index in [0.29, 0.717) is 5.69 Å². The minimum Gasteiger partial charge on any atom is -0.394 e. The third-order valence-corrected chi connectivity index (χ3v) is 6.85. The van der Waals surface area contributed by atoms with Gasteiger partial charge < -0.3 is 14.7 Å². The Labute approximate surface area is 196 Å². The van der Waals surface area contributed by atoms with Gasteiger partial charge >= 0.3 is 0 Å². The number of rotatable bonds is 3. The number of hydrogen-bond acceptors (Lipinski definition) is 3. The fourth-order valence-corrected chi connectivity index (χ4v) is 5.07. The highest BCUT2D eigenvalue weighted by atomic mass is 79.9. The Hall–Kier alpha value is -3.52. The third-order valence-electron chi connectivity index (χ3n) is 6.07. The molecule has 0 bridgehead atoms. The van der Waals surface area contributed by atoms with E-state index in [9.17, 15) is 13.6 Å². The Kier molecular flexibility index (Phi) is 4.86. The lowest BCUT2D eigenvalue weighted by molar-refractivity contribution is 0.103. The number of fused-ring (bicyclic) bond motifs is 2. The van der Waals surface area contributed by atoms with Crippen LogP contribution in [-0.2, 0) is 7.05 Å². The molecular weight excluding hydrogens is 490 g/mol. The number of pyridine rings is 1. The number of aromatic nitrogens is 3. The highest BCUT2D eigenvalue weighted by molar-refractivity contribution is 9.10. The van der Waals surface area contributed by atoms with Crippen molar-refractivity contribution < 1.29 is 13.6 Å². The number of benzene rings is 2. The molecule has 0 spiro atoms. The topological polar surface area (TPSA) is 65.3 Å². The fraction of sp³-hybridized carbons (Fsp3) is 0.120. The number of nitrogens with two attached hydrogens (primary N) is 1. The number of imidazole rings is 1. The quantitative estimate of drug-likeness (QED) is 0.241. The molecule has 0 fully saturated rings. The van der Waals surface area contributed by atoms with E-state index in [2.05, 4.69) is 22.0 Å². The minimum absolute atomic E-state index is 0.104. The van der Waals surface area contributed by atoms with E-state index < -0.39 is 23.1 Å². The van der Waals surface area contributed by atoms with Crippen molar-refractivity contribution in [1.29, 1.82) is 0 Å². The number of nitrogens with zero attached hydrogens (tertiary/aromatic N) is 3. The van der Waals surface area contributed by atoms with Gasteiger partial charge in [-0.05, 0) is 71.7 Å². The van der Waals surface area contributed by atoms with Crippen LogP contribution in [0.1, 0.15) is 27.4 Å². The number of carbonyl (C=O) groups is 1. The van der Waals surface area contributed by atoms with Gasteiger partial charge in [-0.25, -0.2) is 13.8 Å². The molecule has 3 heterocycles. The van der Waals surface area contributed by atoms with Gasteiger partial charge in [-0.2, -0.15) is 0 Å². The molecule has 2 aromatic carbocycles. The highest BCUT2D eigenvalue weighted by Gasteiger charge is 2.21. The van der Waals surface area contributed by atoms with Crippen LogP contribution in [0.2, 0.25) is 0 Å². The summed E-state index contributed by atoms with van der Waals surface area (Å²) in [5.41, 5.74) is 10.5. The van der Waals surface area contributed by atoms with Crippen molar-refractivity contribution in [3.8, 4) is 11.1 Å². The molecule has 0 unspecified atom stereocenters. The van der Waals surface area contributed by atoms with Gasteiger partial charge in [0.05, 0.1) is 21.2 Å². The first-order valence-electron chi connectivity index (χ1n) is 10.2. The predicted molar refractivity (Wildman–Crippen MR) is 128 cm³/mol. The van der Waals surface area contributed by atoms with Crippen molar-refractivity contribution in [3.63, 3.8) is 0 Å². The van der Waals surface area contributed by atoms with Gasteiger partial charge in [0.2, 0.25) is 5.78 Å². The summed E-state index contributed by atoms with van der Waals surface area (Å²) in [7, 11) is 1.98. The molecule has 8 heteroatoms. The number of carbonyl (C=O) groups excluding carboxylic acids is 1. The summed E-state index contributed by atoms with van der Waals surface area (Å²) in [6.07, 6.45) is 1.75. The number of aryl methyl sites for hydroxylation is 3. The Morgan fingerprint density at radius 3 is 2.45 bits per heavy atom. The number of nitrogen functional groups attached to an aromatic ring is 1. The lowest BCUT2D eigenvalue weighted by Gasteiger charge is -2.13. The van der Waals surface area contributed by atoms with Crippen LogP contribution >= 0.6 is 15.9 Å². The maximum absolute atomic E-state index is 14.0. The smallest absolute Gasteiger partial charge is 0.209 e. The Balaban J connectivity index is 1.70. The van der Waals surface area contributed by atoms with E-state index in [1.54, 1.807) is 16.7 Å². The Bertz CT molecular complexity index is 1590. The summed E-state index contributed by atoms with van der Waals surface area (Å²) in [5, 5.41) is 0. The van der Waals surface area contributed by atoms with Gasteiger partial charge in [-0.3, -0.25) is 4.79 Å². The van der Waals surface area contributed by atoms with Crippen molar-refractivity contribution in [3.05, 3.63) is 87.4 Å². The molecule has 0 saturated carbocycles. The van der Waals surface area contributed by atoms with Crippen molar-refractivity contribution in [2.24, 2.45) is 7.05 Å². The van der Waals surface area contributed by atoms with Gasteiger partial charge in [0, 0.05) is 29.9 Å². The van der Waals surface area contributed by atoms with E-state index in [4.69, 9.17) is 10.7 Å². The lowest BCUT2D eigenvalue weighted by atomic mass is 9.99. The molecule has 3 aromatic heterocycles. The molecule has 2 N–H and O–H groups in total. The van der Waals surface area contributed by atoms with Crippen LogP contribution < -0.4 is 5.73 Å². The summed E-state index contributed by atoms with van der Waals surface area (Å²) in [5.74, 6) is -1.52. The predicted octanol–water partition coefficient (Wildman–Crippen LogP) is 5.96. The summed E-state index contributed by atoms with van der Waals surface area (Å²) in [4.78, 5) is 17.8. The van der Waals surface area contributed by atoms with Crippen molar-refractivity contribution in [2.45, 2.75) is 13.8 Å². The first-order chi connectivity index (χ1) is 15.7. The van der Waals surface area contributed by atoms with E-state index in [-0.39, 0.29) is 5.56 Å². The van der Waals surface area contributed by atoms with Crippen LogP contribution in [0.15, 0.2) is 53.1 Å². The molecule has 0 atom stereocenters. The van der Waals surface area contributed by atoms with E-state index >= 15 is 0 Å². The second-order valence-electron chi connectivity index (χ2n) is 8.05. The van der Waals surface area contributed by atoms with Crippen LogP contribution in [0.4, 0.5) is 14.5 Å². The Morgan fingerprint density at radius 1 is 1.06 bits per heavy atom. The molecule has 0 amide bonds. The molecule has 0 aliphatic rings. The van der Waals surface area contributed by atoms with Gasteiger partial charge in [0.1, 0.15) is 28.7 Å². The van der Waals surface area contributed by atoms with Crippen molar-refractivity contribution in [2.75, 3.05) is 5.73 Å². The zero-order valence-corrected chi connectivity index (χ0v) is 19.7. The fourth-order valence-electron chi connectivity index (χ4n) is 4.25. The largest absolute Gasteiger partial charge is 0.394 e. The summed E-state index contributed by atoms with van der Waals surface area (Å²) < 4.78 is 32.5. The zero-order chi connectivity index (χ0) is 23.6. The molecular formula is C25H19BrF2N4O. The number of halogens is 3. The molecule has 5 aromatic rings. The van der Waals surface area contributed by atoms with Crippen LogP contribution in [0.5, 0.6) is 0 Å². The highest BCUT2D eigenvalue weighted by Crippen LogP contribution is 2.39. The lowest BCUT2D eigenvalue weighted by Crippen LogP contribution is -2.08. The molecule has 5 rings (SSSR count). The second-order valence-corrected chi connectivity index (χ2v) is 8.84. The summed E-state index contributed by atoms with van der Waals surface area (Å²) in [6, 6.07) is 11.3. The molecule has 0 aliphatic carbocycles. The zero-order valence-electron chi connectivity index (χ0n) is 18.1. The molecule has 0 radical (unpaired) electrons. The first kappa shape index (κ1) is 21.3. The van der Waals surface area contributed by atoms with E-state index in [0.717, 1.165) is 55.7 Å². The van der Waals surface area contributed by atoms with Gasteiger partial charge in [-0.15, -0.1) is 0 Å². The maximum atomic E-state index is 14.0. The van der Waals surface area contributed by atoms with Gasteiger partial charge in [-0.1, -0.05) is 6.07 Å². The van der Waals surface area contributed by atoms with Crippen LogP contribution in [0.25, 0.3) is 27.7 Å². The summed E-state index contributed by atoms with van der Waals surface area (Å²) in [6.45, 7) is 3.98. The number of anilines is 1. The molecule has 33 heavy (non-hydrogen) atoms. The molecule has 5 nitrogen and oxygen atoms in total. The third kappa shape index (κ3) is 3.16. The van der Waals surface area contributed by atoms with Crippen LogP contribution in [-0.4, -0.2) is 19.7 Å². The van der Waals surface area contributed by atoms with Crippen LogP contribution in [0, 0.1) is 25.5 Å².